The third-order valence-electron chi connectivity index (χ3n) is 4.71. The summed E-state index contributed by atoms with van der Waals surface area (Å²) in [6.07, 6.45) is 4.02. The zero-order valence-electron chi connectivity index (χ0n) is 13.4. The Morgan fingerprint density at radius 1 is 0.870 bits per heavy atom. The van der Waals surface area contributed by atoms with Gasteiger partial charge >= 0.3 is 0 Å². The van der Waals surface area contributed by atoms with E-state index in [4.69, 9.17) is 0 Å². The molecule has 3 aromatic rings. The molecule has 1 aromatic heterocycles. The maximum Gasteiger partial charge on any atom is 0.116 e. The summed E-state index contributed by atoms with van der Waals surface area (Å²) < 4.78 is 0. The Morgan fingerprint density at radius 2 is 1.74 bits per heavy atom. The summed E-state index contributed by atoms with van der Waals surface area (Å²) >= 11 is 0. The van der Waals surface area contributed by atoms with Crippen LogP contribution in [0.4, 0.5) is 0 Å². The lowest BCUT2D eigenvalue weighted by molar-refractivity contribution is 0.475. The lowest BCUT2D eigenvalue weighted by Gasteiger charge is -2.22. The Labute approximate surface area is 136 Å². The number of phenols is 1. The van der Waals surface area contributed by atoms with E-state index in [9.17, 15) is 5.11 Å². The summed E-state index contributed by atoms with van der Waals surface area (Å²) in [6.45, 7) is 4.10. The standard InChI is InChI=1S/C21H19NO/c1-13-9-17(11-18(23)10-13)16-4-3-15-5-6-19-14(2)22-8-7-20(19)21(15)12-16/h3-4,7-12,23H,5-6H2,1-2H3. The van der Waals surface area contributed by atoms with Crippen LogP contribution in [0.2, 0.25) is 0 Å². The van der Waals surface area contributed by atoms with Crippen molar-refractivity contribution in [2.75, 3.05) is 0 Å². The zero-order chi connectivity index (χ0) is 16.0. The first-order chi connectivity index (χ1) is 11.1. The number of nitrogens with zero attached hydrogens (tertiary/aromatic N) is 1. The molecule has 2 aromatic carbocycles. The second-order valence-electron chi connectivity index (χ2n) is 6.35. The lowest BCUT2D eigenvalue weighted by Crippen LogP contribution is -2.06. The van der Waals surface area contributed by atoms with E-state index in [1.807, 2.05) is 19.2 Å². The highest BCUT2D eigenvalue weighted by atomic mass is 16.3. The highest BCUT2D eigenvalue weighted by molar-refractivity contribution is 5.79. The number of pyridine rings is 1. The summed E-state index contributed by atoms with van der Waals surface area (Å²) in [5.74, 6) is 0.318. The highest BCUT2D eigenvalue weighted by Gasteiger charge is 2.18. The quantitative estimate of drug-likeness (QED) is 0.698. The predicted molar refractivity (Wildman–Crippen MR) is 93.7 cm³/mol. The average Bonchev–Trinajstić information content (AvgIpc) is 2.53. The van der Waals surface area contributed by atoms with Crippen LogP contribution >= 0.6 is 0 Å². The third-order valence-corrected chi connectivity index (χ3v) is 4.71. The van der Waals surface area contributed by atoms with E-state index in [1.54, 1.807) is 6.07 Å². The van der Waals surface area contributed by atoms with Crippen LogP contribution in [-0.4, -0.2) is 10.1 Å². The van der Waals surface area contributed by atoms with Crippen molar-refractivity contribution >= 4 is 0 Å². The molecule has 0 fully saturated rings. The van der Waals surface area contributed by atoms with Crippen molar-refractivity contribution in [2.45, 2.75) is 26.7 Å². The van der Waals surface area contributed by atoms with Crippen molar-refractivity contribution in [2.24, 2.45) is 0 Å². The number of aromatic hydroxyl groups is 1. The highest BCUT2D eigenvalue weighted by Crippen LogP contribution is 2.37. The van der Waals surface area contributed by atoms with E-state index in [-0.39, 0.29) is 0 Å². The fourth-order valence-corrected chi connectivity index (χ4v) is 3.58. The van der Waals surface area contributed by atoms with E-state index in [0.29, 0.717) is 5.75 Å². The minimum atomic E-state index is 0.318. The van der Waals surface area contributed by atoms with Gasteiger partial charge in [-0.05, 0) is 89.9 Å². The van der Waals surface area contributed by atoms with Crippen LogP contribution in [0.1, 0.15) is 22.4 Å². The van der Waals surface area contributed by atoms with Crippen LogP contribution in [-0.2, 0) is 12.8 Å². The van der Waals surface area contributed by atoms with Gasteiger partial charge in [0.2, 0.25) is 0 Å². The summed E-state index contributed by atoms with van der Waals surface area (Å²) in [6, 6.07) is 14.5. The molecule has 0 atom stereocenters. The summed E-state index contributed by atoms with van der Waals surface area (Å²) in [5, 5.41) is 9.88. The van der Waals surface area contributed by atoms with Gasteiger partial charge in [-0.25, -0.2) is 0 Å². The molecule has 2 nitrogen and oxygen atoms in total. The molecule has 0 spiro atoms. The molecule has 0 aliphatic heterocycles. The molecule has 0 unspecified atom stereocenters. The number of benzene rings is 2. The third kappa shape index (κ3) is 2.40. The second kappa shape index (κ2) is 5.24. The predicted octanol–water partition coefficient (Wildman–Crippen LogP) is 4.84. The van der Waals surface area contributed by atoms with Crippen LogP contribution in [0.15, 0.2) is 48.7 Å². The molecular formula is C21H19NO. The normalized spacial score (nSPS) is 12.6. The molecule has 0 radical (unpaired) electrons. The van der Waals surface area contributed by atoms with E-state index >= 15 is 0 Å². The molecule has 23 heavy (non-hydrogen) atoms. The van der Waals surface area contributed by atoms with Crippen molar-refractivity contribution in [1.82, 2.24) is 4.98 Å². The minimum absolute atomic E-state index is 0.318. The maximum absolute atomic E-state index is 9.88. The van der Waals surface area contributed by atoms with Gasteiger partial charge in [0.15, 0.2) is 0 Å². The fourth-order valence-electron chi connectivity index (χ4n) is 3.58. The van der Waals surface area contributed by atoms with E-state index in [2.05, 4.69) is 42.2 Å². The molecule has 4 rings (SSSR count). The lowest BCUT2D eigenvalue weighted by atomic mass is 9.83. The topological polar surface area (TPSA) is 33.1 Å². The van der Waals surface area contributed by atoms with Gasteiger partial charge in [0.1, 0.15) is 5.75 Å². The average molecular weight is 301 g/mol. The Morgan fingerprint density at radius 3 is 2.57 bits per heavy atom. The first-order valence-corrected chi connectivity index (χ1v) is 8.00. The monoisotopic (exact) mass is 301 g/mol. The molecule has 0 saturated carbocycles. The SMILES string of the molecule is Cc1cc(O)cc(-c2ccc3c(c2)-c2ccnc(C)c2CC3)c1. The fraction of sp³-hybridized carbons (Fsp3) is 0.190. The second-order valence-corrected chi connectivity index (χ2v) is 6.35. The van der Waals surface area contributed by atoms with Crippen LogP contribution < -0.4 is 0 Å². The van der Waals surface area contributed by atoms with Crippen LogP contribution in [0.25, 0.3) is 22.3 Å². The smallest absolute Gasteiger partial charge is 0.116 e. The first kappa shape index (κ1) is 14.0. The zero-order valence-corrected chi connectivity index (χ0v) is 13.4. The Bertz CT molecular complexity index is 891. The van der Waals surface area contributed by atoms with Gasteiger partial charge < -0.3 is 5.11 Å². The Kier molecular flexibility index (Phi) is 3.19. The largest absolute Gasteiger partial charge is 0.508 e. The molecule has 0 bridgehead atoms. The number of phenolic OH excluding ortho intramolecular Hbond substituents is 1. The van der Waals surface area contributed by atoms with Crippen molar-refractivity contribution < 1.29 is 5.11 Å². The van der Waals surface area contributed by atoms with Gasteiger partial charge in [-0.3, -0.25) is 4.98 Å². The maximum atomic E-state index is 9.88. The van der Waals surface area contributed by atoms with Crippen molar-refractivity contribution in [3.8, 4) is 28.0 Å². The molecular weight excluding hydrogens is 282 g/mol. The first-order valence-electron chi connectivity index (χ1n) is 8.00. The van der Waals surface area contributed by atoms with Crippen LogP contribution in [0, 0.1) is 13.8 Å². The van der Waals surface area contributed by atoms with Gasteiger partial charge in [0.25, 0.3) is 0 Å². The molecule has 0 saturated heterocycles. The number of rotatable bonds is 1. The minimum Gasteiger partial charge on any atom is -0.508 e. The van der Waals surface area contributed by atoms with Gasteiger partial charge in [-0.1, -0.05) is 18.2 Å². The van der Waals surface area contributed by atoms with Gasteiger partial charge in [-0.2, -0.15) is 0 Å². The Balaban J connectivity index is 1.90. The molecule has 1 N–H and O–H groups in total. The summed E-state index contributed by atoms with van der Waals surface area (Å²) in [4.78, 5) is 4.44. The molecule has 1 heterocycles. The molecule has 2 heteroatoms. The van der Waals surface area contributed by atoms with Crippen LogP contribution in [0.5, 0.6) is 5.75 Å². The molecule has 114 valence electrons. The van der Waals surface area contributed by atoms with E-state index in [0.717, 1.165) is 35.2 Å². The van der Waals surface area contributed by atoms with Gasteiger partial charge in [-0.15, -0.1) is 0 Å². The number of aromatic nitrogens is 1. The van der Waals surface area contributed by atoms with Crippen molar-refractivity contribution in [3.63, 3.8) is 0 Å². The number of fused-ring (bicyclic) bond motifs is 3. The van der Waals surface area contributed by atoms with E-state index in [1.165, 1.54) is 22.3 Å². The van der Waals surface area contributed by atoms with E-state index < -0.39 is 0 Å². The Hall–Kier alpha value is -2.61. The van der Waals surface area contributed by atoms with Gasteiger partial charge in [0.05, 0.1) is 0 Å². The van der Waals surface area contributed by atoms with Gasteiger partial charge in [0, 0.05) is 11.9 Å². The molecule has 1 aliphatic carbocycles. The number of hydrogen-bond donors (Lipinski definition) is 1. The van der Waals surface area contributed by atoms with Crippen molar-refractivity contribution in [1.29, 1.82) is 0 Å². The number of aryl methyl sites for hydroxylation is 3. The van der Waals surface area contributed by atoms with Crippen LogP contribution in [0.3, 0.4) is 0 Å². The van der Waals surface area contributed by atoms with Crippen molar-refractivity contribution in [3.05, 3.63) is 71.0 Å². The molecule has 0 amide bonds. The summed E-state index contributed by atoms with van der Waals surface area (Å²) in [5.41, 5.74) is 9.76. The molecule has 1 aliphatic rings. The summed E-state index contributed by atoms with van der Waals surface area (Å²) in [7, 11) is 0. The number of hydrogen-bond acceptors (Lipinski definition) is 2.